The molecule has 0 saturated heterocycles. The summed E-state index contributed by atoms with van der Waals surface area (Å²) in [5.74, 6) is 1.55. The molecule has 1 aliphatic rings. The number of benzene rings is 1. The van der Waals surface area contributed by atoms with Gasteiger partial charge in [0.1, 0.15) is 11.5 Å². The Kier molecular flexibility index (Phi) is 5.44. The zero-order valence-corrected chi connectivity index (χ0v) is 12.7. The van der Waals surface area contributed by atoms with Crippen LogP contribution in [0.25, 0.3) is 0 Å². The van der Waals surface area contributed by atoms with E-state index in [9.17, 15) is 4.79 Å². The van der Waals surface area contributed by atoms with Gasteiger partial charge in [0.15, 0.2) is 0 Å². The van der Waals surface area contributed by atoms with Gasteiger partial charge in [-0.15, -0.1) is 0 Å². The molecule has 2 rings (SSSR count). The summed E-state index contributed by atoms with van der Waals surface area (Å²) in [5.41, 5.74) is 8.37. The number of carbonyl (C=O) groups is 1. The van der Waals surface area contributed by atoms with Gasteiger partial charge < -0.3 is 19.9 Å². The third-order valence-corrected chi connectivity index (χ3v) is 3.59. The molecular formula is C16H23NO4. The maximum absolute atomic E-state index is 11.1. The molecule has 0 spiro atoms. The maximum atomic E-state index is 11.1. The Morgan fingerprint density at radius 3 is 2.43 bits per heavy atom. The Hall–Kier alpha value is -1.75. The minimum Gasteiger partial charge on any atom is -0.494 e. The Morgan fingerprint density at radius 1 is 1.24 bits per heavy atom. The average molecular weight is 293 g/mol. The molecule has 2 N–H and O–H groups in total. The molecule has 21 heavy (non-hydrogen) atoms. The fourth-order valence-corrected chi connectivity index (χ4v) is 2.62. The number of ether oxygens (including phenoxy) is 3. The van der Waals surface area contributed by atoms with Crippen molar-refractivity contribution in [2.75, 3.05) is 20.3 Å². The molecule has 0 bridgehead atoms. The second-order valence-electron chi connectivity index (χ2n) is 5.15. The largest absolute Gasteiger partial charge is 0.494 e. The third-order valence-electron chi connectivity index (χ3n) is 3.59. The highest BCUT2D eigenvalue weighted by Gasteiger charge is 2.25. The van der Waals surface area contributed by atoms with Crippen LogP contribution >= 0.6 is 0 Å². The number of carbonyl (C=O) groups excluding carboxylic acids is 1. The highest BCUT2D eigenvalue weighted by atomic mass is 16.5. The molecule has 1 aromatic carbocycles. The van der Waals surface area contributed by atoms with Crippen molar-refractivity contribution in [1.29, 1.82) is 0 Å². The van der Waals surface area contributed by atoms with Gasteiger partial charge in [0.25, 0.3) is 0 Å². The van der Waals surface area contributed by atoms with E-state index in [1.165, 1.54) is 7.11 Å². The lowest BCUT2D eigenvalue weighted by atomic mass is 10.1. The number of hydrogen-bond donors (Lipinski definition) is 1. The van der Waals surface area contributed by atoms with E-state index < -0.39 is 0 Å². The Bertz CT molecular complexity index is 501. The number of rotatable bonds is 7. The van der Waals surface area contributed by atoms with Crippen LogP contribution in [0.3, 0.4) is 0 Å². The fourth-order valence-electron chi connectivity index (χ4n) is 2.62. The van der Waals surface area contributed by atoms with Gasteiger partial charge in [0.2, 0.25) is 0 Å². The molecule has 0 radical (unpaired) electrons. The lowest BCUT2D eigenvalue weighted by Crippen LogP contribution is -2.19. The lowest BCUT2D eigenvalue weighted by Gasteiger charge is -2.14. The summed E-state index contributed by atoms with van der Waals surface area (Å²) in [5, 5.41) is 0. The SMILES string of the molecule is CCOc1ccc(OCCCC(=O)OC)c2c1CC(N)C2. The van der Waals surface area contributed by atoms with E-state index in [1.54, 1.807) is 0 Å². The first-order chi connectivity index (χ1) is 10.2. The number of methoxy groups -OCH3 is 1. The van der Waals surface area contributed by atoms with Crippen LogP contribution in [0.5, 0.6) is 11.5 Å². The monoisotopic (exact) mass is 293 g/mol. The fraction of sp³-hybridized carbons (Fsp3) is 0.562. The zero-order chi connectivity index (χ0) is 15.2. The third kappa shape index (κ3) is 3.88. The van der Waals surface area contributed by atoms with E-state index in [1.807, 2.05) is 19.1 Å². The number of hydrogen-bond acceptors (Lipinski definition) is 5. The molecule has 1 aliphatic carbocycles. The van der Waals surface area contributed by atoms with Gasteiger partial charge in [0.05, 0.1) is 20.3 Å². The molecule has 1 aromatic rings. The van der Waals surface area contributed by atoms with Crippen LogP contribution in [0.2, 0.25) is 0 Å². The standard InChI is InChI=1S/C16H23NO4/c1-3-20-14-6-7-15(13-10-11(17)9-12(13)14)21-8-4-5-16(18)19-2/h6-7,11H,3-5,8-10,17H2,1-2H3. The molecule has 1 unspecified atom stereocenters. The van der Waals surface area contributed by atoms with E-state index in [2.05, 4.69) is 4.74 Å². The average Bonchev–Trinajstić information content (AvgIpc) is 2.87. The van der Waals surface area contributed by atoms with Gasteiger partial charge in [-0.2, -0.15) is 0 Å². The predicted molar refractivity (Wildman–Crippen MR) is 79.7 cm³/mol. The Morgan fingerprint density at radius 2 is 1.86 bits per heavy atom. The van der Waals surface area contributed by atoms with Gasteiger partial charge in [-0.3, -0.25) is 4.79 Å². The summed E-state index contributed by atoms with van der Waals surface area (Å²) < 4.78 is 16.1. The summed E-state index contributed by atoms with van der Waals surface area (Å²) in [7, 11) is 1.39. The summed E-state index contributed by atoms with van der Waals surface area (Å²) in [4.78, 5) is 11.1. The van der Waals surface area contributed by atoms with E-state index in [4.69, 9.17) is 15.2 Å². The molecule has 0 heterocycles. The van der Waals surface area contributed by atoms with Crippen molar-refractivity contribution in [2.45, 2.75) is 38.6 Å². The van der Waals surface area contributed by atoms with Gasteiger partial charge in [0, 0.05) is 23.6 Å². The minimum atomic E-state index is -0.211. The topological polar surface area (TPSA) is 70.8 Å². The van der Waals surface area contributed by atoms with E-state index in [-0.39, 0.29) is 12.0 Å². The lowest BCUT2D eigenvalue weighted by molar-refractivity contribution is -0.140. The van der Waals surface area contributed by atoms with Crippen molar-refractivity contribution >= 4 is 5.97 Å². The number of nitrogens with two attached hydrogens (primary N) is 1. The predicted octanol–water partition coefficient (Wildman–Crippen LogP) is 1.84. The highest BCUT2D eigenvalue weighted by molar-refractivity contribution is 5.69. The number of fused-ring (bicyclic) bond motifs is 1. The molecule has 0 fully saturated rings. The molecule has 0 aliphatic heterocycles. The quantitative estimate of drug-likeness (QED) is 0.613. The van der Waals surface area contributed by atoms with Crippen LogP contribution in [-0.2, 0) is 22.4 Å². The van der Waals surface area contributed by atoms with Crippen LogP contribution in [-0.4, -0.2) is 32.3 Å². The van der Waals surface area contributed by atoms with Gasteiger partial charge in [-0.25, -0.2) is 0 Å². The normalized spacial score (nSPS) is 16.4. The van der Waals surface area contributed by atoms with Crippen LogP contribution in [0.1, 0.15) is 30.9 Å². The smallest absolute Gasteiger partial charge is 0.305 e. The summed E-state index contributed by atoms with van der Waals surface area (Å²) >= 11 is 0. The molecular weight excluding hydrogens is 270 g/mol. The van der Waals surface area contributed by atoms with Crippen molar-refractivity contribution < 1.29 is 19.0 Å². The number of esters is 1. The van der Waals surface area contributed by atoms with Crippen LogP contribution < -0.4 is 15.2 Å². The second-order valence-corrected chi connectivity index (χ2v) is 5.15. The molecule has 0 amide bonds. The molecule has 5 heteroatoms. The van der Waals surface area contributed by atoms with Crippen molar-refractivity contribution in [1.82, 2.24) is 0 Å². The highest BCUT2D eigenvalue weighted by Crippen LogP contribution is 2.37. The Balaban J connectivity index is 2.01. The zero-order valence-electron chi connectivity index (χ0n) is 12.7. The molecule has 5 nitrogen and oxygen atoms in total. The summed E-state index contributed by atoms with van der Waals surface area (Å²) in [6.07, 6.45) is 2.64. The van der Waals surface area contributed by atoms with Crippen molar-refractivity contribution in [3.8, 4) is 11.5 Å². The van der Waals surface area contributed by atoms with E-state index in [0.717, 1.165) is 35.5 Å². The first-order valence-corrected chi connectivity index (χ1v) is 7.38. The van der Waals surface area contributed by atoms with Crippen LogP contribution in [0.4, 0.5) is 0 Å². The van der Waals surface area contributed by atoms with Crippen LogP contribution in [0.15, 0.2) is 12.1 Å². The maximum Gasteiger partial charge on any atom is 0.305 e. The van der Waals surface area contributed by atoms with Crippen molar-refractivity contribution in [3.63, 3.8) is 0 Å². The minimum absolute atomic E-state index is 0.124. The van der Waals surface area contributed by atoms with E-state index >= 15 is 0 Å². The molecule has 0 saturated carbocycles. The first-order valence-electron chi connectivity index (χ1n) is 7.38. The first kappa shape index (κ1) is 15.6. The van der Waals surface area contributed by atoms with E-state index in [0.29, 0.717) is 26.1 Å². The van der Waals surface area contributed by atoms with Crippen molar-refractivity contribution in [3.05, 3.63) is 23.3 Å². The van der Waals surface area contributed by atoms with Crippen LogP contribution in [0, 0.1) is 0 Å². The molecule has 1 atom stereocenters. The summed E-state index contributed by atoms with van der Waals surface area (Å²) in [6.45, 7) is 3.10. The van der Waals surface area contributed by atoms with Gasteiger partial charge in [-0.1, -0.05) is 0 Å². The Labute approximate surface area is 125 Å². The van der Waals surface area contributed by atoms with Gasteiger partial charge in [-0.05, 0) is 38.3 Å². The molecule has 116 valence electrons. The second kappa shape index (κ2) is 7.31. The van der Waals surface area contributed by atoms with Gasteiger partial charge >= 0.3 is 5.97 Å². The van der Waals surface area contributed by atoms with Crippen molar-refractivity contribution in [2.24, 2.45) is 5.73 Å². The summed E-state index contributed by atoms with van der Waals surface area (Å²) in [6, 6.07) is 4.00. The molecule has 0 aromatic heterocycles.